The van der Waals surface area contributed by atoms with Gasteiger partial charge in [-0.05, 0) is 36.6 Å². The van der Waals surface area contributed by atoms with Crippen LogP contribution >= 0.6 is 0 Å². The normalized spacial score (nSPS) is 14.0. The lowest BCUT2D eigenvalue weighted by Crippen LogP contribution is -2.20. The third kappa shape index (κ3) is 5.63. The summed E-state index contributed by atoms with van der Waals surface area (Å²) in [6, 6.07) is 11.0. The molecule has 0 unspecified atom stereocenters. The van der Waals surface area contributed by atoms with E-state index in [0.717, 1.165) is 43.4 Å². The summed E-state index contributed by atoms with van der Waals surface area (Å²) in [6.07, 6.45) is 3.98. The molecule has 154 valence electrons. The molecule has 0 atom stereocenters. The molecule has 0 bridgehead atoms. The number of hydrogen-bond acceptors (Lipinski definition) is 5. The predicted molar refractivity (Wildman–Crippen MR) is 104 cm³/mol. The number of nitro groups is 1. The molecule has 2 N–H and O–H groups in total. The van der Waals surface area contributed by atoms with Crippen LogP contribution in [0.3, 0.4) is 0 Å². The zero-order valence-electron chi connectivity index (χ0n) is 15.6. The molecule has 0 aliphatic heterocycles. The lowest BCUT2D eigenvalue weighted by Gasteiger charge is -2.13. The Bertz CT molecular complexity index is 886. The van der Waals surface area contributed by atoms with Gasteiger partial charge in [-0.15, -0.1) is 0 Å². The summed E-state index contributed by atoms with van der Waals surface area (Å²) in [7, 11) is 0. The van der Waals surface area contributed by atoms with Crippen molar-refractivity contribution < 1.29 is 23.2 Å². The van der Waals surface area contributed by atoms with Crippen LogP contribution in [0.2, 0.25) is 0 Å². The van der Waals surface area contributed by atoms with Gasteiger partial charge in [0, 0.05) is 36.0 Å². The molecule has 0 saturated heterocycles. The number of carbonyl (C=O) groups excluding carboxylic acids is 1. The van der Waals surface area contributed by atoms with Crippen LogP contribution in [0, 0.1) is 16.0 Å². The van der Waals surface area contributed by atoms with E-state index in [0.29, 0.717) is 17.9 Å². The highest BCUT2D eigenvalue weighted by Gasteiger charge is 2.22. The molecule has 2 aromatic carbocycles. The van der Waals surface area contributed by atoms with Crippen molar-refractivity contribution in [2.45, 2.75) is 38.8 Å². The Kier molecular flexibility index (Phi) is 6.58. The number of rotatable bonds is 8. The first-order valence-electron chi connectivity index (χ1n) is 9.29. The van der Waals surface area contributed by atoms with Crippen LogP contribution in [0.4, 0.5) is 25.8 Å². The molecule has 1 fully saturated rings. The maximum atomic E-state index is 12.5. The van der Waals surface area contributed by atoms with Crippen LogP contribution < -0.4 is 15.4 Å². The maximum Gasteiger partial charge on any atom is 0.387 e. The molecule has 1 saturated carbocycles. The Morgan fingerprint density at radius 2 is 1.93 bits per heavy atom. The fraction of sp³-hybridized carbons (Fsp3) is 0.350. The van der Waals surface area contributed by atoms with Gasteiger partial charge in [0.2, 0.25) is 11.7 Å². The number of amides is 1. The molecule has 1 aliphatic rings. The molecule has 0 radical (unpaired) electrons. The summed E-state index contributed by atoms with van der Waals surface area (Å²) in [5.41, 5.74) is 1.40. The van der Waals surface area contributed by atoms with E-state index in [4.69, 9.17) is 0 Å². The van der Waals surface area contributed by atoms with Gasteiger partial charge in [0.15, 0.2) is 0 Å². The van der Waals surface area contributed by atoms with E-state index in [1.165, 1.54) is 6.07 Å². The van der Waals surface area contributed by atoms with Crippen molar-refractivity contribution in [1.29, 1.82) is 0 Å². The number of anilines is 2. The van der Waals surface area contributed by atoms with Crippen molar-refractivity contribution in [3.63, 3.8) is 0 Å². The quantitative estimate of drug-likeness (QED) is 0.479. The highest BCUT2D eigenvalue weighted by molar-refractivity contribution is 5.92. The van der Waals surface area contributed by atoms with Gasteiger partial charge in [-0.3, -0.25) is 14.9 Å². The van der Waals surface area contributed by atoms with E-state index in [2.05, 4.69) is 15.4 Å². The van der Waals surface area contributed by atoms with Gasteiger partial charge in [0.05, 0.1) is 4.92 Å². The number of carbonyl (C=O) groups is 1. The number of ether oxygens (including phenoxy) is 1. The van der Waals surface area contributed by atoms with Gasteiger partial charge in [0.25, 0.3) is 0 Å². The molecular weight excluding hydrogens is 384 g/mol. The Balaban J connectivity index is 1.65. The van der Waals surface area contributed by atoms with Crippen LogP contribution in [0.15, 0.2) is 42.5 Å². The Morgan fingerprint density at radius 1 is 1.17 bits per heavy atom. The predicted octanol–water partition coefficient (Wildman–Crippen LogP) is 4.94. The van der Waals surface area contributed by atoms with Crippen molar-refractivity contribution >= 4 is 23.0 Å². The number of hydrogen-bond donors (Lipinski definition) is 2. The monoisotopic (exact) mass is 405 g/mol. The lowest BCUT2D eigenvalue weighted by atomic mass is 10.1. The number of nitrogens with one attached hydrogen (secondary N) is 2. The summed E-state index contributed by atoms with van der Waals surface area (Å²) in [4.78, 5) is 22.4. The first-order chi connectivity index (χ1) is 13.9. The summed E-state index contributed by atoms with van der Waals surface area (Å²) in [6.45, 7) is -2.83. The van der Waals surface area contributed by atoms with Gasteiger partial charge in [-0.1, -0.05) is 25.0 Å². The van der Waals surface area contributed by atoms with Crippen LogP contribution in [-0.4, -0.2) is 17.4 Å². The highest BCUT2D eigenvalue weighted by Crippen LogP contribution is 2.31. The minimum absolute atomic E-state index is 0.0248. The molecular formula is C20H21F2N3O4. The van der Waals surface area contributed by atoms with Crippen molar-refractivity contribution in [2.24, 2.45) is 5.92 Å². The van der Waals surface area contributed by atoms with Crippen molar-refractivity contribution in [3.8, 4) is 5.75 Å². The van der Waals surface area contributed by atoms with Gasteiger partial charge in [0.1, 0.15) is 0 Å². The van der Waals surface area contributed by atoms with E-state index in [9.17, 15) is 23.7 Å². The smallest absolute Gasteiger partial charge is 0.387 e. The van der Waals surface area contributed by atoms with Crippen molar-refractivity contribution in [1.82, 2.24) is 0 Å². The summed E-state index contributed by atoms with van der Waals surface area (Å²) >= 11 is 0. The average molecular weight is 405 g/mol. The standard InChI is InChI=1S/C20H21F2N3O4/c21-20(22)29-18-11-15(8-9-17(18)25(27)28)23-12-13-4-3-7-16(10-13)24-19(26)14-5-1-2-6-14/h3-4,7-11,14,20,23H,1-2,5-6,12H2,(H,24,26). The second-order valence-electron chi connectivity index (χ2n) is 6.84. The van der Waals surface area contributed by atoms with Crippen LogP contribution in [-0.2, 0) is 11.3 Å². The zero-order chi connectivity index (χ0) is 20.8. The maximum absolute atomic E-state index is 12.5. The number of nitrogens with zero attached hydrogens (tertiary/aromatic N) is 1. The van der Waals surface area contributed by atoms with E-state index in [1.54, 1.807) is 6.07 Å². The molecule has 29 heavy (non-hydrogen) atoms. The fourth-order valence-electron chi connectivity index (χ4n) is 3.36. The lowest BCUT2D eigenvalue weighted by molar-refractivity contribution is -0.386. The topological polar surface area (TPSA) is 93.5 Å². The summed E-state index contributed by atoms with van der Waals surface area (Å²) < 4.78 is 29.3. The second kappa shape index (κ2) is 9.31. The van der Waals surface area contributed by atoms with Gasteiger partial charge in [-0.25, -0.2) is 0 Å². The fourth-order valence-corrected chi connectivity index (χ4v) is 3.36. The molecule has 0 spiro atoms. The molecule has 1 aliphatic carbocycles. The zero-order valence-corrected chi connectivity index (χ0v) is 15.6. The number of alkyl halides is 2. The minimum Gasteiger partial charge on any atom is -0.427 e. The molecule has 1 amide bonds. The molecule has 0 heterocycles. The average Bonchev–Trinajstić information content (AvgIpc) is 3.21. The Morgan fingerprint density at radius 3 is 2.62 bits per heavy atom. The van der Waals surface area contributed by atoms with Crippen LogP contribution in [0.25, 0.3) is 0 Å². The largest absolute Gasteiger partial charge is 0.427 e. The highest BCUT2D eigenvalue weighted by atomic mass is 19.3. The van der Waals surface area contributed by atoms with E-state index in [1.807, 2.05) is 18.2 Å². The van der Waals surface area contributed by atoms with Crippen molar-refractivity contribution in [2.75, 3.05) is 10.6 Å². The molecule has 0 aromatic heterocycles. The van der Waals surface area contributed by atoms with Crippen LogP contribution in [0.5, 0.6) is 5.75 Å². The van der Waals surface area contributed by atoms with Gasteiger partial charge < -0.3 is 15.4 Å². The third-order valence-electron chi connectivity index (χ3n) is 4.79. The summed E-state index contributed by atoms with van der Waals surface area (Å²) in [5.74, 6) is -0.422. The summed E-state index contributed by atoms with van der Waals surface area (Å²) in [5, 5.41) is 16.9. The SMILES string of the molecule is O=C(Nc1cccc(CNc2ccc([N+](=O)[O-])c(OC(F)F)c2)c1)C1CCCC1. The van der Waals surface area contributed by atoms with E-state index in [-0.39, 0.29) is 11.8 Å². The van der Waals surface area contributed by atoms with Crippen molar-refractivity contribution in [3.05, 3.63) is 58.1 Å². The number of benzene rings is 2. The molecule has 7 nitrogen and oxygen atoms in total. The number of halogens is 2. The molecule has 3 rings (SSSR count). The van der Waals surface area contributed by atoms with E-state index < -0.39 is 23.0 Å². The van der Waals surface area contributed by atoms with Gasteiger partial charge >= 0.3 is 12.3 Å². The third-order valence-corrected chi connectivity index (χ3v) is 4.79. The minimum atomic E-state index is -3.16. The molecule has 9 heteroatoms. The number of nitro benzene ring substituents is 1. The van der Waals surface area contributed by atoms with Gasteiger partial charge in [-0.2, -0.15) is 8.78 Å². The molecule has 2 aromatic rings. The van der Waals surface area contributed by atoms with E-state index >= 15 is 0 Å². The first kappa shape index (κ1) is 20.5. The second-order valence-corrected chi connectivity index (χ2v) is 6.84. The Labute approximate surface area is 166 Å². The Hall–Kier alpha value is -3.23. The first-order valence-corrected chi connectivity index (χ1v) is 9.29. The van der Waals surface area contributed by atoms with Crippen LogP contribution in [0.1, 0.15) is 31.2 Å².